The Morgan fingerprint density at radius 1 is 0.513 bits per heavy atom. The summed E-state index contributed by atoms with van der Waals surface area (Å²) in [6, 6.07) is 1.49. The first-order chi connectivity index (χ1) is 53.4. The number of carbonyl (C=O) groups excluding carboxylic acids is 8. The number of ether oxygens (including phenoxy) is 2. The second-order valence-corrected chi connectivity index (χ2v) is 52.5. The average molecular weight is 1890 g/mol. The zero-order valence-corrected chi connectivity index (χ0v) is 85.0. The number of aliphatic hydroxyl groups excluding tert-OH is 1. The Hall–Kier alpha value is 1.20. The number of amides is 6. The number of likely N-dealkylation sites (tertiary alicyclic amines) is 3. The summed E-state index contributed by atoms with van der Waals surface area (Å²) in [4.78, 5) is 99.9. The van der Waals surface area contributed by atoms with E-state index in [0.717, 1.165) is 84.2 Å². The fourth-order valence-electron chi connectivity index (χ4n) is 11.9. The lowest BCUT2D eigenvalue weighted by molar-refractivity contribution is -0.867. The number of nitrogens with one attached hydrogen (secondary N) is 1. The van der Waals surface area contributed by atoms with Crippen molar-refractivity contribution in [2.75, 3.05) is 182 Å². The molecule has 113 heavy (non-hydrogen) atoms. The van der Waals surface area contributed by atoms with Crippen molar-refractivity contribution in [2.24, 2.45) is 11.8 Å². The minimum atomic E-state index is -0.650. The number of esters is 2. The molecule has 8 aliphatic rings. The van der Waals surface area contributed by atoms with Crippen LogP contribution in [0.1, 0.15) is 192 Å². The Balaban J connectivity index is 0.000000650. The van der Waals surface area contributed by atoms with Crippen LogP contribution in [-0.4, -0.2) is 326 Å². The highest BCUT2D eigenvalue weighted by atomic mass is 33.1. The van der Waals surface area contributed by atoms with Crippen LogP contribution in [0.3, 0.4) is 0 Å². The van der Waals surface area contributed by atoms with E-state index in [1.165, 1.54) is 165 Å². The van der Waals surface area contributed by atoms with E-state index in [9.17, 15) is 48.6 Å². The second-order valence-electron chi connectivity index (χ2n) is 31.4. The first kappa shape index (κ1) is 112. The van der Waals surface area contributed by atoms with Crippen LogP contribution in [0.4, 0.5) is 0 Å². The summed E-state index contributed by atoms with van der Waals surface area (Å²) in [5.41, 5.74) is -1.09. The molecule has 7 heterocycles. The lowest BCUT2D eigenvalue weighted by atomic mass is 9.91. The smallest absolute Gasteiger partial charge is 0.303 e. The number of hydrogen-bond acceptors (Lipinski definition) is 29. The molecule has 7 saturated heterocycles. The molecule has 7 aliphatic heterocycles. The van der Waals surface area contributed by atoms with Crippen LogP contribution < -0.4 is 5.32 Å². The molecule has 1 saturated carbocycles. The molecule has 0 aromatic carbocycles. The Morgan fingerprint density at radius 3 is 1.52 bits per heavy atom. The normalized spacial score (nSPS) is 22.5. The molecule has 8 atom stereocenters. The number of piperidine rings is 3. The van der Waals surface area contributed by atoms with E-state index >= 15 is 0 Å². The van der Waals surface area contributed by atoms with E-state index < -0.39 is 11.2 Å². The summed E-state index contributed by atoms with van der Waals surface area (Å²) < 4.78 is 11.1. The number of aliphatic hydroxyl groups is 2. The van der Waals surface area contributed by atoms with Gasteiger partial charge < -0.3 is 58.9 Å². The molecular formula is C77H147N8O12S16+. The summed E-state index contributed by atoms with van der Waals surface area (Å²) in [6.45, 7) is 27.6. The van der Waals surface area contributed by atoms with Gasteiger partial charge in [-0.3, -0.25) is 38.4 Å². The number of quaternary nitrogens is 1. The van der Waals surface area contributed by atoms with Crippen molar-refractivity contribution in [3.63, 3.8) is 0 Å². The Labute approximate surface area is 748 Å². The van der Waals surface area contributed by atoms with Gasteiger partial charge in [-0.2, -0.15) is 0 Å². The lowest BCUT2D eigenvalue weighted by Gasteiger charge is -2.38. The third-order valence-electron chi connectivity index (χ3n) is 18.8. The molecule has 8 fully saturated rings. The van der Waals surface area contributed by atoms with Crippen LogP contribution in [0.25, 0.3) is 0 Å². The average Bonchev–Trinajstić information content (AvgIpc) is 1.81. The predicted molar refractivity (Wildman–Crippen MR) is 517 cm³/mol. The largest absolute Gasteiger partial charge is 0.466 e. The van der Waals surface area contributed by atoms with Crippen molar-refractivity contribution in [1.29, 1.82) is 0 Å². The predicted octanol–water partition coefficient (Wildman–Crippen LogP) is 17.1. The van der Waals surface area contributed by atoms with Crippen LogP contribution in [0.15, 0.2) is 0 Å². The number of carbonyl (C=O) groups is 8. The molecule has 0 spiro atoms. The maximum Gasteiger partial charge on any atom is 0.303 e. The van der Waals surface area contributed by atoms with Gasteiger partial charge in [-0.25, -0.2) is 0 Å². The summed E-state index contributed by atoms with van der Waals surface area (Å²) in [5.74, 6) is 16.8. The summed E-state index contributed by atoms with van der Waals surface area (Å²) in [5, 5.41) is 23.5. The van der Waals surface area contributed by atoms with E-state index in [2.05, 4.69) is 41.2 Å². The van der Waals surface area contributed by atoms with Crippen LogP contribution >= 0.6 is 173 Å². The third-order valence-corrected chi connectivity index (χ3v) is 40.2. The highest BCUT2D eigenvalue weighted by Gasteiger charge is 2.35. The molecular weight excluding hydrogens is 1740 g/mol. The minimum absolute atomic E-state index is 0.00579. The SMILES string of the molecule is CC(=O)N(C)C1CSSCC1O.CC(=O)N(C)CC1CCSS1.CC(=O)N1CCCCC1C1CCSS1.CC(=O)N1CCCCC1CSSCC1CCCCC1.CC(=O)N1CCCCC1CSSCC[N+](C)(C)C.CC(=O)OC(C)(C)CSSCC(C)(C)O.CC(=O)OCC1CCSSC1.CNCCSSCCN(C)C(C)=O. The highest BCUT2D eigenvalue weighted by Crippen LogP contribution is 2.43. The molecule has 36 heteroatoms. The van der Waals surface area contributed by atoms with E-state index in [4.69, 9.17) is 9.47 Å². The first-order valence-corrected chi connectivity index (χ1v) is 59.8. The van der Waals surface area contributed by atoms with Gasteiger partial charge in [0, 0.05) is 225 Å². The van der Waals surface area contributed by atoms with Crippen LogP contribution in [0, 0.1) is 11.8 Å². The van der Waals surface area contributed by atoms with Crippen molar-refractivity contribution in [1.82, 2.24) is 34.7 Å². The van der Waals surface area contributed by atoms with Crippen molar-refractivity contribution in [3.8, 4) is 0 Å². The molecule has 0 radical (unpaired) electrons. The Bertz CT molecular complexity index is 2580. The number of rotatable bonds is 30. The van der Waals surface area contributed by atoms with E-state index in [0.29, 0.717) is 58.4 Å². The van der Waals surface area contributed by atoms with Gasteiger partial charge in [0.05, 0.1) is 57.8 Å². The standard InChI is InChI=1S/C15H27NOS2.C13H27N2OS2.C10H17NOS2.C10H20O3S2.C8H18N2OS2.C7H13NO2S2.C7H13NOS2.C7H12O2S2/c1-13(17)16-10-6-5-9-15(16)12-19-18-11-14-7-3-2-4-8-14;1-12(16)14-8-6-5-7-13(14)11-18-17-10-9-15(2,3)4;1-8(12)11-6-3-2-4-9(11)10-5-7-13-14-10;1-8(11)13-10(4,5)7-15-14-6-9(2,3)12;1-8(11)10(3)5-7-13-12-6-4-9-2;1-5(9)8(2)6-3-11-12-4-7(6)10;1-6(9)8(2)5-7-3-4-10-11-7;1-6(8)9-4-7-2-3-10-11-5-7/h14-15H,2-12H2,1H3;13H,5-11H2,1-4H3;9-10H,2-7H2,1H3;12H,6-7H2,1-5H3;9H,4-7H2,1-3H3;6-7,10H,3-4H2,1-2H3;7H,3-5H2,1-2H3;7H,2-5H2,1H3/q;+1;;;;;;. The maximum atomic E-state index is 11.6. The van der Waals surface area contributed by atoms with Crippen LogP contribution in [0.2, 0.25) is 0 Å². The highest BCUT2D eigenvalue weighted by molar-refractivity contribution is 8.79. The molecule has 6 amide bonds. The van der Waals surface area contributed by atoms with Crippen molar-refractivity contribution in [3.05, 3.63) is 0 Å². The number of likely N-dealkylation sites (N-methyl/N-ethyl adjacent to an activating group) is 1. The van der Waals surface area contributed by atoms with Gasteiger partial charge in [0.1, 0.15) is 5.60 Å². The van der Waals surface area contributed by atoms with E-state index in [1.807, 2.05) is 165 Å². The van der Waals surface area contributed by atoms with Gasteiger partial charge in [0.15, 0.2) is 0 Å². The van der Waals surface area contributed by atoms with Crippen molar-refractivity contribution in [2.45, 2.75) is 244 Å². The van der Waals surface area contributed by atoms with Crippen molar-refractivity contribution < 1.29 is 62.5 Å². The van der Waals surface area contributed by atoms with Crippen LogP contribution in [0.5, 0.6) is 0 Å². The number of hydrogen-bond donors (Lipinski definition) is 3. The summed E-state index contributed by atoms with van der Waals surface area (Å²) >= 11 is 0. The van der Waals surface area contributed by atoms with Gasteiger partial charge in [-0.15, -0.1) is 0 Å². The van der Waals surface area contributed by atoms with Gasteiger partial charge in [0.2, 0.25) is 35.4 Å². The Morgan fingerprint density at radius 2 is 1.03 bits per heavy atom. The molecule has 20 nitrogen and oxygen atoms in total. The van der Waals surface area contributed by atoms with E-state index in [1.54, 1.807) is 113 Å². The molecule has 0 aromatic heterocycles. The Kier molecular flexibility index (Phi) is 66.2. The third kappa shape index (κ3) is 58.9. The monoisotopic (exact) mass is 1890 g/mol. The lowest BCUT2D eigenvalue weighted by Crippen LogP contribution is -2.47. The quantitative estimate of drug-likeness (QED) is 0.0263. The molecule has 1 aliphatic carbocycles. The summed E-state index contributed by atoms with van der Waals surface area (Å²) in [6.07, 6.45) is 21.6. The van der Waals surface area contributed by atoms with E-state index in [-0.39, 0.29) is 59.5 Å². The van der Waals surface area contributed by atoms with Crippen LogP contribution in [-0.2, 0) is 47.8 Å². The van der Waals surface area contributed by atoms with Gasteiger partial charge in [-0.1, -0.05) is 192 Å². The minimum Gasteiger partial charge on any atom is -0.466 e. The molecule has 662 valence electrons. The second kappa shape index (κ2) is 66.7. The molecule has 3 N–H and O–H groups in total. The van der Waals surface area contributed by atoms with Gasteiger partial charge in [-0.05, 0) is 131 Å². The van der Waals surface area contributed by atoms with Gasteiger partial charge in [0.25, 0.3) is 0 Å². The molecule has 8 rings (SSSR count). The molecule has 0 bridgehead atoms. The molecule has 8 unspecified atom stereocenters. The fraction of sp³-hybridized carbons (Fsp3) is 0.896. The first-order valence-electron chi connectivity index (χ1n) is 40.1. The van der Waals surface area contributed by atoms with Gasteiger partial charge >= 0.3 is 11.9 Å². The topological polar surface area (TPSA) is 227 Å². The fourth-order valence-corrected chi connectivity index (χ4v) is 33.7. The summed E-state index contributed by atoms with van der Waals surface area (Å²) in [7, 11) is 43.8. The number of nitrogens with zero attached hydrogens (tertiary/aromatic N) is 7. The zero-order valence-electron chi connectivity index (χ0n) is 71.9. The zero-order chi connectivity index (χ0) is 84.8. The molecule has 0 aromatic rings. The maximum absolute atomic E-state index is 11.6. The van der Waals surface area contributed by atoms with Crippen molar-refractivity contribution >= 4 is 220 Å².